The summed E-state index contributed by atoms with van der Waals surface area (Å²) in [7, 11) is 0. The van der Waals surface area contributed by atoms with Gasteiger partial charge in [-0.2, -0.15) is 5.26 Å². The van der Waals surface area contributed by atoms with E-state index in [-0.39, 0.29) is 6.54 Å². The van der Waals surface area contributed by atoms with E-state index in [1.54, 1.807) is 24.4 Å². The van der Waals surface area contributed by atoms with Gasteiger partial charge in [-0.15, -0.1) is 0 Å². The summed E-state index contributed by atoms with van der Waals surface area (Å²) in [6.45, 7) is 0.242. The first-order valence-corrected chi connectivity index (χ1v) is 6.50. The molecule has 2 rings (SSSR count). The number of hydrogen-bond acceptors (Lipinski definition) is 3. The first-order valence-electron chi connectivity index (χ1n) is 5.33. The van der Waals surface area contributed by atoms with Crippen LogP contribution in [0.4, 0.5) is 10.2 Å². The average molecular weight is 341 g/mol. The smallest absolute Gasteiger partial charge is 0.145 e. The summed E-state index contributed by atoms with van der Waals surface area (Å²) in [5.41, 5.74) is 0.737. The molecule has 19 heavy (non-hydrogen) atoms. The van der Waals surface area contributed by atoms with Crippen LogP contribution in [0.25, 0.3) is 0 Å². The van der Waals surface area contributed by atoms with Crippen molar-refractivity contribution in [2.75, 3.05) is 5.32 Å². The van der Waals surface area contributed by atoms with E-state index in [4.69, 9.17) is 16.9 Å². The number of rotatable bonds is 3. The van der Waals surface area contributed by atoms with Gasteiger partial charge in [-0.1, -0.05) is 17.7 Å². The van der Waals surface area contributed by atoms with Crippen LogP contribution in [-0.4, -0.2) is 4.98 Å². The van der Waals surface area contributed by atoms with Crippen LogP contribution in [0.15, 0.2) is 34.9 Å². The number of nitriles is 1. The zero-order valence-corrected chi connectivity index (χ0v) is 12.0. The lowest BCUT2D eigenvalue weighted by Gasteiger charge is -2.08. The number of nitrogens with one attached hydrogen (secondary N) is 1. The van der Waals surface area contributed by atoms with Gasteiger partial charge in [0.2, 0.25) is 0 Å². The fourth-order valence-electron chi connectivity index (χ4n) is 1.48. The summed E-state index contributed by atoms with van der Waals surface area (Å²) in [6, 6.07) is 7.92. The Kier molecular flexibility index (Phi) is 4.35. The van der Waals surface area contributed by atoms with Crippen molar-refractivity contribution in [3.63, 3.8) is 0 Å². The number of benzene rings is 1. The fourth-order valence-corrected chi connectivity index (χ4v) is 2.18. The summed E-state index contributed by atoms with van der Waals surface area (Å²) in [5.74, 6) is 0.0495. The van der Waals surface area contributed by atoms with Crippen LogP contribution in [0.1, 0.15) is 11.1 Å². The number of aromatic nitrogens is 1. The predicted octanol–water partition coefficient (Wildman–Crippen LogP) is 4.12. The molecule has 6 heteroatoms. The minimum atomic E-state index is -0.431. The van der Waals surface area contributed by atoms with Crippen LogP contribution in [-0.2, 0) is 6.54 Å². The Balaban J connectivity index is 2.13. The molecule has 0 radical (unpaired) electrons. The summed E-state index contributed by atoms with van der Waals surface area (Å²) >= 11 is 9.25. The van der Waals surface area contributed by atoms with Crippen molar-refractivity contribution >= 4 is 33.3 Å². The van der Waals surface area contributed by atoms with Crippen LogP contribution >= 0.6 is 27.5 Å². The van der Waals surface area contributed by atoms with Crippen molar-refractivity contribution in [2.45, 2.75) is 6.54 Å². The number of nitrogens with zero attached hydrogens (tertiary/aromatic N) is 2. The summed E-state index contributed by atoms with van der Waals surface area (Å²) in [5, 5.41) is 12.1. The zero-order chi connectivity index (χ0) is 13.8. The second kappa shape index (κ2) is 6.00. The van der Waals surface area contributed by atoms with Gasteiger partial charge in [-0.25, -0.2) is 9.37 Å². The molecule has 0 saturated carbocycles. The molecule has 0 aliphatic rings. The lowest BCUT2D eigenvalue weighted by atomic mass is 10.1. The van der Waals surface area contributed by atoms with Gasteiger partial charge in [-0.3, -0.25) is 0 Å². The third kappa shape index (κ3) is 3.43. The van der Waals surface area contributed by atoms with E-state index < -0.39 is 5.82 Å². The topological polar surface area (TPSA) is 48.7 Å². The number of pyridine rings is 1. The van der Waals surface area contributed by atoms with Crippen LogP contribution in [0, 0.1) is 17.1 Å². The van der Waals surface area contributed by atoms with Gasteiger partial charge in [0.1, 0.15) is 11.6 Å². The highest BCUT2D eigenvalue weighted by atomic mass is 79.9. The Labute approximate surface area is 123 Å². The minimum Gasteiger partial charge on any atom is -0.365 e. The second-order valence-electron chi connectivity index (χ2n) is 3.76. The molecule has 0 amide bonds. The summed E-state index contributed by atoms with van der Waals surface area (Å²) in [6.07, 6.45) is 1.60. The maximum atomic E-state index is 13.7. The molecule has 2 aromatic rings. The molecule has 0 unspecified atom stereocenters. The van der Waals surface area contributed by atoms with E-state index in [1.807, 2.05) is 6.07 Å². The normalized spacial score (nSPS) is 10.0. The summed E-state index contributed by atoms with van der Waals surface area (Å²) < 4.78 is 14.4. The molecule has 0 fully saturated rings. The van der Waals surface area contributed by atoms with Crippen molar-refractivity contribution in [1.82, 2.24) is 4.98 Å². The van der Waals surface area contributed by atoms with Crippen molar-refractivity contribution in [3.8, 4) is 6.07 Å². The molecule has 0 atom stereocenters. The predicted molar refractivity (Wildman–Crippen MR) is 75.4 cm³/mol. The highest BCUT2D eigenvalue weighted by Crippen LogP contribution is 2.23. The molecule has 1 N–H and O–H groups in total. The first-order chi connectivity index (χ1) is 9.10. The molecule has 1 heterocycles. The van der Waals surface area contributed by atoms with E-state index in [0.717, 1.165) is 4.47 Å². The van der Waals surface area contributed by atoms with Gasteiger partial charge in [0.25, 0.3) is 0 Å². The maximum absolute atomic E-state index is 13.7. The zero-order valence-electron chi connectivity index (χ0n) is 9.62. The number of anilines is 1. The highest BCUT2D eigenvalue weighted by molar-refractivity contribution is 9.10. The van der Waals surface area contributed by atoms with Gasteiger partial charge in [-0.05, 0) is 34.1 Å². The molecule has 1 aromatic heterocycles. The molecule has 3 nitrogen and oxygen atoms in total. The average Bonchev–Trinajstić information content (AvgIpc) is 2.39. The van der Waals surface area contributed by atoms with Gasteiger partial charge >= 0.3 is 0 Å². The van der Waals surface area contributed by atoms with Crippen LogP contribution < -0.4 is 5.32 Å². The molecule has 0 bridgehead atoms. The molecule has 0 aliphatic carbocycles. The lowest BCUT2D eigenvalue weighted by molar-refractivity contribution is 0.612. The Hall–Kier alpha value is -1.64. The van der Waals surface area contributed by atoms with E-state index in [1.165, 1.54) is 6.07 Å². The number of hydrogen-bond donors (Lipinski definition) is 1. The van der Waals surface area contributed by atoms with Crippen LogP contribution in [0.3, 0.4) is 0 Å². The maximum Gasteiger partial charge on any atom is 0.145 e. The van der Waals surface area contributed by atoms with Gasteiger partial charge in [0.05, 0.1) is 16.7 Å². The molecule has 0 spiro atoms. The van der Waals surface area contributed by atoms with Crippen molar-refractivity contribution < 1.29 is 4.39 Å². The monoisotopic (exact) mass is 339 g/mol. The summed E-state index contributed by atoms with van der Waals surface area (Å²) in [4.78, 5) is 4.09. The highest BCUT2D eigenvalue weighted by Gasteiger charge is 2.06. The van der Waals surface area contributed by atoms with Gasteiger partial charge < -0.3 is 5.32 Å². The van der Waals surface area contributed by atoms with Crippen molar-refractivity contribution in [3.05, 3.63) is 56.9 Å². The van der Waals surface area contributed by atoms with Crippen LogP contribution in [0.2, 0.25) is 5.02 Å². The molecule has 1 aromatic carbocycles. The van der Waals surface area contributed by atoms with E-state index >= 15 is 0 Å². The third-order valence-electron chi connectivity index (χ3n) is 2.44. The van der Waals surface area contributed by atoms with E-state index in [0.29, 0.717) is 22.0 Å². The van der Waals surface area contributed by atoms with E-state index in [9.17, 15) is 4.39 Å². The van der Waals surface area contributed by atoms with Crippen LogP contribution in [0.5, 0.6) is 0 Å². The van der Waals surface area contributed by atoms with Crippen molar-refractivity contribution in [1.29, 1.82) is 5.26 Å². The molecular weight excluding hydrogens is 333 g/mol. The molecule has 0 saturated heterocycles. The third-order valence-corrected chi connectivity index (χ3v) is 3.16. The Morgan fingerprint density at radius 3 is 2.84 bits per heavy atom. The van der Waals surface area contributed by atoms with Crippen molar-refractivity contribution in [2.24, 2.45) is 0 Å². The first kappa shape index (κ1) is 13.8. The Morgan fingerprint density at radius 2 is 2.21 bits per heavy atom. The standard InChI is InChI=1S/C13H8BrClFN3/c14-10-4-11(15)13(19-7-10)18-6-9-2-1-8(5-17)3-12(9)16/h1-4,7H,6H2,(H,18,19). The van der Waals surface area contributed by atoms with Gasteiger partial charge in [0, 0.05) is 22.8 Å². The Bertz CT molecular complexity index is 655. The number of halogens is 3. The quantitative estimate of drug-likeness (QED) is 0.914. The van der Waals surface area contributed by atoms with E-state index in [2.05, 4.69) is 26.2 Å². The van der Waals surface area contributed by atoms with Gasteiger partial charge in [0.15, 0.2) is 0 Å². The SMILES string of the molecule is N#Cc1ccc(CNc2ncc(Br)cc2Cl)c(F)c1. The lowest BCUT2D eigenvalue weighted by Crippen LogP contribution is -2.04. The molecular formula is C13H8BrClFN3. The fraction of sp³-hybridized carbons (Fsp3) is 0.0769. The molecule has 0 aliphatic heterocycles. The largest absolute Gasteiger partial charge is 0.365 e. The second-order valence-corrected chi connectivity index (χ2v) is 5.08. The molecule has 96 valence electrons. The Morgan fingerprint density at radius 1 is 1.42 bits per heavy atom. The minimum absolute atomic E-state index is 0.242.